The number of carbonyl (C=O) groups is 1. The second-order valence-corrected chi connectivity index (χ2v) is 9.57. The molecule has 35 heavy (non-hydrogen) atoms. The SMILES string of the molecule is CCOc1ccc2c(c1)c(=O)c(S(=O)(=O)c1ccccc1)cn2CC(=O)Nc1ccc(OC)cc1. The Hall–Kier alpha value is -4.11. The zero-order valence-electron chi connectivity index (χ0n) is 19.2. The van der Waals surface area contributed by atoms with Gasteiger partial charge in [-0.25, -0.2) is 8.42 Å². The summed E-state index contributed by atoms with van der Waals surface area (Å²) in [5, 5.41) is 2.92. The summed E-state index contributed by atoms with van der Waals surface area (Å²) in [6, 6.07) is 19.3. The quantitative estimate of drug-likeness (QED) is 0.400. The van der Waals surface area contributed by atoms with Gasteiger partial charge in [0, 0.05) is 11.9 Å². The molecular weight excluding hydrogens is 468 g/mol. The van der Waals surface area contributed by atoms with Crippen molar-refractivity contribution in [2.45, 2.75) is 23.3 Å². The maximum Gasteiger partial charge on any atom is 0.244 e. The van der Waals surface area contributed by atoms with Crippen molar-refractivity contribution >= 4 is 32.3 Å². The standard InChI is InChI=1S/C26H24N2O6S/c1-3-34-20-13-14-23-22(15-20)26(30)24(35(31,32)21-7-5-4-6-8-21)16-28(23)17-25(29)27-18-9-11-19(33-2)12-10-18/h4-16H,3,17H2,1-2H3,(H,27,29). The van der Waals surface area contributed by atoms with E-state index in [1.54, 1.807) is 61.7 Å². The second-order valence-electron chi connectivity index (χ2n) is 7.66. The van der Waals surface area contributed by atoms with Gasteiger partial charge < -0.3 is 19.4 Å². The third-order valence-electron chi connectivity index (χ3n) is 5.36. The topological polar surface area (TPSA) is 104 Å². The summed E-state index contributed by atoms with van der Waals surface area (Å²) < 4.78 is 38.8. The summed E-state index contributed by atoms with van der Waals surface area (Å²) in [7, 11) is -2.58. The number of hydrogen-bond donors (Lipinski definition) is 1. The summed E-state index contributed by atoms with van der Waals surface area (Å²) in [5.41, 5.74) is 0.310. The van der Waals surface area contributed by atoms with E-state index in [1.165, 1.54) is 29.0 Å². The molecule has 4 rings (SSSR count). The molecule has 8 nitrogen and oxygen atoms in total. The molecule has 0 atom stereocenters. The fourth-order valence-electron chi connectivity index (χ4n) is 3.68. The number of nitrogens with one attached hydrogen (secondary N) is 1. The first-order valence-electron chi connectivity index (χ1n) is 10.9. The zero-order chi connectivity index (χ0) is 25.0. The Kier molecular flexibility index (Phi) is 6.88. The first kappa shape index (κ1) is 24.0. The van der Waals surface area contributed by atoms with Crippen molar-refractivity contribution in [1.29, 1.82) is 0 Å². The van der Waals surface area contributed by atoms with Gasteiger partial charge in [0.1, 0.15) is 22.9 Å². The van der Waals surface area contributed by atoms with Gasteiger partial charge >= 0.3 is 0 Å². The summed E-state index contributed by atoms with van der Waals surface area (Å²) >= 11 is 0. The van der Waals surface area contributed by atoms with Crippen LogP contribution >= 0.6 is 0 Å². The van der Waals surface area contributed by atoms with Gasteiger partial charge in [-0.3, -0.25) is 9.59 Å². The number of aromatic nitrogens is 1. The number of methoxy groups -OCH3 is 1. The Morgan fingerprint density at radius 2 is 1.66 bits per heavy atom. The smallest absolute Gasteiger partial charge is 0.244 e. The number of anilines is 1. The molecule has 0 saturated carbocycles. The van der Waals surface area contributed by atoms with Crippen molar-refractivity contribution in [3.63, 3.8) is 0 Å². The lowest BCUT2D eigenvalue weighted by Crippen LogP contribution is -2.24. The number of sulfone groups is 1. The largest absolute Gasteiger partial charge is 0.497 e. The monoisotopic (exact) mass is 492 g/mol. The van der Waals surface area contributed by atoms with Crippen LogP contribution < -0.4 is 20.2 Å². The van der Waals surface area contributed by atoms with Crippen molar-refractivity contribution in [2.24, 2.45) is 0 Å². The highest BCUT2D eigenvalue weighted by molar-refractivity contribution is 7.91. The van der Waals surface area contributed by atoms with E-state index < -0.39 is 26.1 Å². The molecule has 0 aliphatic rings. The lowest BCUT2D eigenvalue weighted by Gasteiger charge is -2.15. The number of amides is 1. The molecule has 3 aromatic carbocycles. The first-order chi connectivity index (χ1) is 16.8. The van der Waals surface area contributed by atoms with Crippen LogP contribution in [0.3, 0.4) is 0 Å². The lowest BCUT2D eigenvalue weighted by atomic mass is 10.2. The third-order valence-corrected chi connectivity index (χ3v) is 7.12. The van der Waals surface area contributed by atoms with Gasteiger partial charge in [-0.15, -0.1) is 0 Å². The summed E-state index contributed by atoms with van der Waals surface area (Å²) in [5.74, 6) is 0.688. The minimum atomic E-state index is -4.13. The molecule has 1 aromatic heterocycles. The van der Waals surface area contributed by atoms with Crippen LogP contribution in [-0.4, -0.2) is 32.6 Å². The number of benzene rings is 3. The Bertz CT molecular complexity index is 1530. The van der Waals surface area contributed by atoms with Gasteiger partial charge in [0.25, 0.3) is 0 Å². The highest BCUT2D eigenvalue weighted by Crippen LogP contribution is 2.24. The molecule has 0 radical (unpaired) electrons. The van der Waals surface area contributed by atoms with Crippen LogP contribution in [0.1, 0.15) is 6.92 Å². The fourth-order valence-corrected chi connectivity index (χ4v) is 5.07. The van der Waals surface area contributed by atoms with Crippen LogP contribution in [0, 0.1) is 0 Å². The van der Waals surface area contributed by atoms with E-state index >= 15 is 0 Å². The van der Waals surface area contributed by atoms with Gasteiger partial charge in [0.05, 0.1) is 29.5 Å². The number of fused-ring (bicyclic) bond motifs is 1. The first-order valence-corrected chi connectivity index (χ1v) is 12.4. The Morgan fingerprint density at radius 3 is 2.31 bits per heavy atom. The van der Waals surface area contributed by atoms with E-state index in [2.05, 4.69) is 5.32 Å². The van der Waals surface area contributed by atoms with Crippen LogP contribution in [0.4, 0.5) is 5.69 Å². The maximum absolute atomic E-state index is 13.3. The molecule has 4 aromatic rings. The molecule has 180 valence electrons. The fraction of sp³-hybridized carbons (Fsp3) is 0.154. The molecule has 1 amide bonds. The predicted molar refractivity (Wildman–Crippen MR) is 133 cm³/mol. The molecule has 0 bridgehead atoms. The molecule has 0 aliphatic carbocycles. The maximum atomic E-state index is 13.3. The third kappa shape index (κ3) is 5.04. The highest BCUT2D eigenvalue weighted by atomic mass is 32.2. The van der Waals surface area contributed by atoms with E-state index in [-0.39, 0.29) is 16.8 Å². The van der Waals surface area contributed by atoms with Gasteiger partial charge in [0.2, 0.25) is 21.2 Å². The van der Waals surface area contributed by atoms with Crippen LogP contribution in [0.2, 0.25) is 0 Å². The number of carbonyl (C=O) groups excluding carboxylic acids is 1. The zero-order valence-corrected chi connectivity index (χ0v) is 20.0. The summed E-state index contributed by atoms with van der Waals surface area (Å²) in [4.78, 5) is 25.8. The van der Waals surface area contributed by atoms with Gasteiger partial charge in [0.15, 0.2) is 0 Å². The highest BCUT2D eigenvalue weighted by Gasteiger charge is 2.24. The number of hydrogen-bond acceptors (Lipinski definition) is 6. The minimum Gasteiger partial charge on any atom is -0.497 e. The predicted octanol–water partition coefficient (Wildman–Crippen LogP) is 3.88. The van der Waals surface area contributed by atoms with Crippen LogP contribution in [0.5, 0.6) is 11.5 Å². The van der Waals surface area contributed by atoms with Gasteiger partial charge in [-0.1, -0.05) is 18.2 Å². The Balaban J connectivity index is 1.80. The second kappa shape index (κ2) is 10.0. The van der Waals surface area contributed by atoms with E-state index in [4.69, 9.17) is 9.47 Å². The molecular formula is C26H24N2O6S. The van der Waals surface area contributed by atoms with Crippen molar-refractivity contribution < 1.29 is 22.7 Å². The van der Waals surface area contributed by atoms with Crippen LogP contribution in [0.25, 0.3) is 10.9 Å². The van der Waals surface area contributed by atoms with Crippen LogP contribution in [-0.2, 0) is 21.2 Å². The van der Waals surface area contributed by atoms with E-state index in [0.717, 1.165) is 0 Å². The van der Waals surface area contributed by atoms with Crippen molar-refractivity contribution in [3.8, 4) is 11.5 Å². The molecule has 0 saturated heterocycles. The Morgan fingerprint density at radius 1 is 0.971 bits per heavy atom. The average molecular weight is 493 g/mol. The van der Waals surface area contributed by atoms with Crippen molar-refractivity contribution in [3.05, 3.63) is 89.2 Å². The molecule has 0 unspecified atom stereocenters. The van der Waals surface area contributed by atoms with Crippen LogP contribution in [0.15, 0.2) is 93.6 Å². The van der Waals surface area contributed by atoms with Gasteiger partial charge in [-0.05, 0) is 61.5 Å². The van der Waals surface area contributed by atoms with E-state index in [0.29, 0.717) is 29.3 Å². The molecule has 0 fully saturated rings. The van der Waals surface area contributed by atoms with E-state index in [9.17, 15) is 18.0 Å². The average Bonchev–Trinajstić information content (AvgIpc) is 2.87. The summed E-state index contributed by atoms with van der Waals surface area (Å²) in [6.45, 7) is 1.97. The number of ether oxygens (including phenoxy) is 2. The number of nitrogens with zero attached hydrogens (tertiary/aromatic N) is 1. The number of rotatable bonds is 8. The molecule has 9 heteroatoms. The lowest BCUT2D eigenvalue weighted by molar-refractivity contribution is -0.116. The Labute approximate surface area is 202 Å². The molecule has 0 spiro atoms. The molecule has 1 heterocycles. The number of pyridine rings is 1. The minimum absolute atomic E-state index is 0.00773. The van der Waals surface area contributed by atoms with Gasteiger partial charge in [-0.2, -0.15) is 0 Å². The van der Waals surface area contributed by atoms with Crippen molar-refractivity contribution in [1.82, 2.24) is 4.57 Å². The normalized spacial score (nSPS) is 11.3. The van der Waals surface area contributed by atoms with E-state index in [1.807, 2.05) is 6.92 Å². The molecule has 0 aliphatic heterocycles. The summed E-state index contributed by atoms with van der Waals surface area (Å²) in [6.07, 6.45) is 1.22. The van der Waals surface area contributed by atoms with Crippen molar-refractivity contribution in [2.75, 3.05) is 19.0 Å². The molecule has 1 N–H and O–H groups in total.